The molecule has 1 N–H and O–H groups in total. The molecule has 30 heavy (non-hydrogen) atoms. The molecule has 2 atom stereocenters. The van der Waals surface area contributed by atoms with E-state index in [0.29, 0.717) is 0 Å². The first-order valence-electron chi connectivity index (χ1n) is 11.2. The lowest BCUT2D eigenvalue weighted by molar-refractivity contribution is -0.117. The quantitative estimate of drug-likeness (QED) is 0.610. The Morgan fingerprint density at radius 1 is 1.10 bits per heavy atom. The summed E-state index contributed by atoms with van der Waals surface area (Å²) in [7, 11) is 0. The number of rotatable bonds is 5. The molecule has 0 aromatic heterocycles. The van der Waals surface area contributed by atoms with Crippen LogP contribution in [0.1, 0.15) is 70.2 Å². The van der Waals surface area contributed by atoms with E-state index < -0.39 is 0 Å². The van der Waals surface area contributed by atoms with E-state index in [-0.39, 0.29) is 17.4 Å². The summed E-state index contributed by atoms with van der Waals surface area (Å²) < 4.78 is 0. The number of benzene rings is 2. The van der Waals surface area contributed by atoms with Crippen molar-refractivity contribution in [3.05, 3.63) is 71.3 Å². The molecule has 0 saturated carbocycles. The molecule has 3 rings (SSSR count). The van der Waals surface area contributed by atoms with Crippen LogP contribution in [0.4, 0.5) is 5.69 Å². The maximum Gasteiger partial charge on any atom is 0.244 e. The van der Waals surface area contributed by atoms with Crippen LogP contribution in [0.15, 0.2) is 54.6 Å². The molecule has 2 aromatic rings. The minimum absolute atomic E-state index is 0.0280. The SMILES string of the molecule is CC1CCCN(c2ccc(C(C)NC(=O)/C=C/c3ccc(C(C)(C)C)cc3)cc2)C1. The lowest BCUT2D eigenvalue weighted by Crippen LogP contribution is -2.34. The molecule has 1 saturated heterocycles. The number of carbonyl (C=O) groups excluding carboxylic acids is 1. The van der Waals surface area contributed by atoms with Gasteiger partial charge in [0.2, 0.25) is 5.91 Å². The number of carbonyl (C=O) groups is 1. The molecule has 0 spiro atoms. The highest BCUT2D eigenvalue weighted by molar-refractivity contribution is 5.92. The summed E-state index contributed by atoms with van der Waals surface area (Å²) in [6.45, 7) is 13.2. The van der Waals surface area contributed by atoms with Crippen LogP contribution in [0.3, 0.4) is 0 Å². The van der Waals surface area contributed by atoms with Gasteiger partial charge in [-0.3, -0.25) is 4.79 Å². The molecule has 1 heterocycles. The maximum absolute atomic E-state index is 12.4. The summed E-state index contributed by atoms with van der Waals surface area (Å²) >= 11 is 0. The van der Waals surface area contributed by atoms with Crippen LogP contribution >= 0.6 is 0 Å². The zero-order valence-electron chi connectivity index (χ0n) is 19.1. The van der Waals surface area contributed by atoms with Crippen molar-refractivity contribution in [1.82, 2.24) is 5.32 Å². The van der Waals surface area contributed by atoms with Crippen LogP contribution in [0.5, 0.6) is 0 Å². The fourth-order valence-corrected chi connectivity index (χ4v) is 4.01. The first kappa shape index (κ1) is 22.1. The molecule has 2 aromatic carbocycles. The number of hydrogen-bond acceptors (Lipinski definition) is 2. The molecule has 0 radical (unpaired) electrons. The molecule has 2 unspecified atom stereocenters. The third-order valence-corrected chi connectivity index (χ3v) is 5.98. The van der Waals surface area contributed by atoms with Crippen LogP contribution in [0, 0.1) is 5.92 Å². The average Bonchev–Trinajstić information content (AvgIpc) is 2.72. The lowest BCUT2D eigenvalue weighted by atomic mass is 9.87. The van der Waals surface area contributed by atoms with E-state index >= 15 is 0 Å². The van der Waals surface area contributed by atoms with Gasteiger partial charge in [-0.05, 0) is 66.0 Å². The normalized spacial score (nSPS) is 18.4. The first-order valence-corrected chi connectivity index (χ1v) is 11.2. The molecule has 160 valence electrons. The predicted molar refractivity (Wildman–Crippen MR) is 128 cm³/mol. The Morgan fingerprint density at radius 2 is 1.77 bits per heavy atom. The molecule has 3 heteroatoms. The molecule has 0 bridgehead atoms. The van der Waals surface area contributed by atoms with Crippen molar-refractivity contribution in [3.8, 4) is 0 Å². The topological polar surface area (TPSA) is 32.3 Å². The number of nitrogens with one attached hydrogen (secondary N) is 1. The van der Waals surface area contributed by atoms with Gasteiger partial charge in [-0.1, -0.05) is 64.1 Å². The Labute approximate surface area is 182 Å². The second-order valence-electron chi connectivity index (χ2n) is 9.72. The van der Waals surface area contributed by atoms with Crippen LogP contribution in [0.25, 0.3) is 6.08 Å². The minimum atomic E-state index is -0.0728. The third kappa shape index (κ3) is 5.98. The summed E-state index contributed by atoms with van der Waals surface area (Å²) in [5.74, 6) is 0.685. The fraction of sp³-hybridized carbons (Fsp3) is 0.444. The Balaban J connectivity index is 1.55. The fourth-order valence-electron chi connectivity index (χ4n) is 4.01. The Hall–Kier alpha value is -2.55. The summed E-state index contributed by atoms with van der Waals surface area (Å²) in [6.07, 6.45) is 6.08. The second-order valence-corrected chi connectivity index (χ2v) is 9.72. The van der Waals surface area contributed by atoms with Crippen molar-refractivity contribution in [2.45, 2.75) is 58.9 Å². The maximum atomic E-state index is 12.4. The van der Waals surface area contributed by atoms with Crippen molar-refractivity contribution in [2.24, 2.45) is 5.92 Å². The summed E-state index contributed by atoms with van der Waals surface area (Å²) in [6, 6.07) is 17.0. The smallest absolute Gasteiger partial charge is 0.244 e. The van der Waals surface area contributed by atoms with Gasteiger partial charge in [0.05, 0.1) is 6.04 Å². The minimum Gasteiger partial charge on any atom is -0.371 e. The zero-order valence-corrected chi connectivity index (χ0v) is 19.1. The Morgan fingerprint density at radius 3 is 2.37 bits per heavy atom. The highest BCUT2D eigenvalue weighted by atomic mass is 16.1. The lowest BCUT2D eigenvalue weighted by Gasteiger charge is -2.33. The number of amides is 1. The molecule has 1 amide bonds. The number of hydrogen-bond donors (Lipinski definition) is 1. The molecule has 1 aliphatic rings. The van der Waals surface area contributed by atoms with Crippen molar-refractivity contribution < 1.29 is 4.79 Å². The average molecular weight is 405 g/mol. The van der Waals surface area contributed by atoms with Gasteiger partial charge in [0.15, 0.2) is 0 Å². The second kappa shape index (κ2) is 9.51. The number of anilines is 1. The highest BCUT2D eigenvalue weighted by Crippen LogP contribution is 2.25. The van der Waals surface area contributed by atoms with Crippen molar-refractivity contribution in [3.63, 3.8) is 0 Å². The van der Waals surface area contributed by atoms with E-state index in [2.05, 4.69) is 86.4 Å². The predicted octanol–water partition coefficient (Wildman–Crippen LogP) is 6.11. The standard InChI is InChI=1S/C27H36N2O/c1-20-7-6-18-29(19-20)25-15-11-23(12-16-25)21(2)28-26(30)17-10-22-8-13-24(14-9-22)27(3,4)5/h8-17,20-21H,6-7,18-19H2,1-5H3,(H,28,30)/b17-10+. The van der Waals surface area contributed by atoms with E-state index in [9.17, 15) is 4.79 Å². The van der Waals surface area contributed by atoms with Gasteiger partial charge in [-0.15, -0.1) is 0 Å². The molecular formula is C27H36N2O. The summed E-state index contributed by atoms with van der Waals surface area (Å²) in [5.41, 5.74) is 4.87. The van der Waals surface area contributed by atoms with Crippen molar-refractivity contribution in [1.29, 1.82) is 0 Å². The summed E-state index contributed by atoms with van der Waals surface area (Å²) in [4.78, 5) is 14.8. The zero-order chi connectivity index (χ0) is 21.7. The number of nitrogens with zero attached hydrogens (tertiary/aromatic N) is 1. The monoisotopic (exact) mass is 404 g/mol. The van der Waals surface area contributed by atoms with Crippen LogP contribution in [-0.4, -0.2) is 19.0 Å². The highest BCUT2D eigenvalue weighted by Gasteiger charge is 2.17. The van der Waals surface area contributed by atoms with Gasteiger partial charge in [0.1, 0.15) is 0 Å². The van der Waals surface area contributed by atoms with Crippen LogP contribution < -0.4 is 10.2 Å². The molecule has 0 aliphatic carbocycles. The van der Waals surface area contributed by atoms with Gasteiger partial charge in [0, 0.05) is 24.9 Å². The van der Waals surface area contributed by atoms with Gasteiger partial charge in [-0.2, -0.15) is 0 Å². The molecule has 3 nitrogen and oxygen atoms in total. The van der Waals surface area contributed by atoms with Crippen molar-refractivity contribution in [2.75, 3.05) is 18.0 Å². The van der Waals surface area contributed by atoms with E-state index in [1.165, 1.54) is 24.1 Å². The van der Waals surface area contributed by atoms with Gasteiger partial charge < -0.3 is 10.2 Å². The molecular weight excluding hydrogens is 368 g/mol. The Kier molecular flexibility index (Phi) is 7.02. The van der Waals surface area contributed by atoms with Crippen LogP contribution in [0.2, 0.25) is 0 Å². The molecule has 1 aliphatic heterocycles. The number of piperidine rings is 1. The van der Waals surface area contributed by atoms with Gasteiger partial charge in [0.25, 0.3) is 0 Å². The van der Waals surface area contributed by atoms with Gasteiger partial charge >= 0.3 is 0 Å². The van der Waals surface area contributed by atoms with Crippen LogP contribution in [-0.2, 0) is 10.2 Å². The molecule has 1 fully saturated rings. The Bertz CT molecular complexity index is 859. The first-order chi connectivity index (χ1) is 14.2. The van der Waals surface area contributed by atoms with E-state index in [0.717, 1.165) is 30.1 Å². The summed E-state index contributed by atoms with van der Waals surface area (Å²) in [5, 5.41) is 3.07. The van der Waals surface area contributed by atoms with Crippen molar-refractivity contribution >= 4 is 17.7 Å². The third-order valence-electron chi connectivity index (χ3n) is 5.98. The van der Waals surface area contributed by atoms with E-state index in [1.54, 1.807) is 6.08 Å². The van der Waals surface area contributed by atoms with E-state index in [4.69, 9.17) is 0 Å². The van der Waals surface area contributed by atoms with Gasteiger partial charge in [-0.25, -0.2) is 0 Å². The largest absolute Gasteiger partial charge is 0.371 e. The van der Waals surface area contributed by atoms with E-state index in [1.807, 2.05) is 13.0 Å².